The number of likely N-dealkylation sites (tertiary alicyclic amines) is 1. The van der Waals surface area contributed by atoms with E-state index in [-0.39, 0.29) is 24.3 Å². The highest BCUT2D eigenvalue weighted by Crippen LogP contribution is 2.24. The molecule has 0 aliphatic carbocycles. The lowest BCUT2D eigenvalue weighted by Crippen LogP contribution is -2.50. The number of aliphatic imine (C=N–C) groups is 1. The fourth-order valence-electron chi connectivity index (χ4n) is 4.07. The van der Waals surface area contributed by atoms with Gasteiger partial charge in [0.1, 0.15) is 18.4 Å². The monoisotopic (exact) mass is 479 g/mol. The first-order valence-corrected chi connectivity index (χ1v) is 11.7. The number of carbonyl (C=O) groups excluding carboxylic acids is 2. The molecule has 1 aromatic heterocycles. The predicted molar refractivity (Wildman–Crippen MR) is 135 cm³/mol. The third-order valence-corrected chi connectivity index (χ3v) is 6.04. The van der Waals surface area contributed by atoms with Crippen LogP contribution in [0.3, 0.4) is 0 Å². The van der Waals surface area contributed by atoms with Crippen molar-refractivity contribution in [2.24, 2.45) is 21.9 Å². The molecule has 3 atom stereocenters. The van der Waals surface area contributed by atoms with Crippen LogP contribution in [0, 0.1) is 5.92 Å². The molecule has 186 valence electrons. The zero-order valence-corrected chi connectivity index (χ0v) is 20.3. The lowest BCUT2D eigenvalue weighted by molar-refractivity contribution is -0.140. The minimum atomic E-state index is -0.636. The van der Waals surface area contributed by atoms with Crippen molar-refractivity contribution in [2.75, 3.05) is 13.2 Å². The molecule has 4 N–H and O–H groups in total. The van der Waals surface area contributed by atoms with Gasteiger partial charge in [0.05, 0.1) is 24.1 Å². The number of hydrogen-bond acceptors (Lipinski definition) is 8. The number of carbonyl (C=O) groups is 2. The molecule has 1 aromatic carbocycles. The lowest BCUT2D eigenvalue weighted by Gasteiger charge is -2.29. The van der Waals surface area contributed by atoms with Crippen LogP contribution in [0.1, 0.15) is 45.2 Å². The van der Waals surface area contributed by atoms with Gasteiger partial charge in [-0.3, -0.25) is 14.6 Å². The van der Waals surface area contributed by atoms with Crippen LogP contribution < -0.4 is 11.2 Å². The minimum absolute atomic E-state index is 0.0628. The smallest absolute Gasteiger partial charge is 0.248 e. The summed E-state index contributed by atoms with van der Waals surface area (Å²) >= 11 is 0. The maximum Gasteiger partial charge on any atom is 0.248 e. The van der Waals surface area contributed by atoms with E-state index >= 15 is 0 Å². The van der Waals surface area contributed by atoms with Gasteiger partial charge in [-0.15, -0.1) is 0 Å². The van der Waals surface area contributed by atoms with Crippen LogP contribution in [0.5, 0.6) is 0 Å². The number of nitrogens with zero attached hydrogens (tertiary/aromatic N) is 5. The third-order valence-electron chi connectivity index (χ3n) is 6.04. The van der Waals surface area contributed by atoms with Gasteiger partial charge < -0.3 is 21.2 Å². The Kier molecular flexibility index (Phi) is 9.02. The van der Waals surface area contributed by atoms with Gasteiger partial charge in [0.25, 0.3) is 0 Å². The van der Waals surface area contributed by atoms with Crippen molar-refractivity contribution >= 4 is 23.7 Å². The SMILES string of the molecule is C/C(C=N[C@H](C(=O)N1CCC[C@H]1C(=O)N[C@@H](CO)c1ccc(-c2ccncn2)cc1)C(C)C)=N/N. The van der Waals surface area contributed by atoms with Crippen molar-refractivity contribution in [3.63, 3.8) is 0 Å². The number of benzene rings is 1. The van der Waals surface area contributed by atoms with Crippen LogP contribution in [0.2, 0.25) is 0 Å². The fourth-order valence-corrected chi connectivity index (χ4v) is 4.07. The van der Waals surface area contributed by atoms with E-state index in [1.165, 1.54) is 12.5 Å². The standard InChI is InChI=1S/C25H33N7O3/c1-16(2)23(28-13-17(3)31-26)25(35)32-12-4-5-22(32)24(34)30-21(14-33)19-8-6-18(7-9-19)20-10-11-27-15-29-20/h6-11,13,15-16,21-23,33H,4-5,12,14,26H2,1-3H3,(H,30,34)/b28-13?,31-17-/t21-,22-,23-/m0/s1. The first-order chi connectivity index (χ1) is 16.8. The van der Waals surface area contributed by atoms with Gasteiger partial charge in [-0.05, 0) is 37.3 Å². The van der Waals surface area contributed by atoms with Gasteiger partial charge in [0.2, 0.25) is 11.8 Å². The summed E-state index contributed by atoms with van der Waals surface area (Å²) in [4.78, 5) is 40.6. The van der Waals surface area contributed by atoms with E-state index in [4.69, 9.17) is 5.84 Å². The summed E-state index contributed by atoms with van der Waals surface area (Å²) in [6.07, 6.45) is 5.92. The van der Waals surface area contributed by atoms with Crippen LogP contribution in [0.15, 0.2) is 52.9 Å². The molecule has 10 nitrogen and oxygen atoms in total. The number of aromatic nitrogens is 2. The average Bonchev–Trinajstić information content (AvgIpc) is 3.37. The van der Waals surface area contributed by atoms with Gasteiger partial charge in [0, 0.05) is 24.5 Å². The Morgan fingerprint density at radius 1 is 1.29 bits per heavy atom. The van der Waals surface area contributed by atoms with E-state index in [1.54, 1.807) is 18.0 Å². The second-order valence-corrected chi connectivity index (χ2v) is 8.89. The zero-order valence-electron chi connectivity index (χ0n) is 20.3. The van der Waals surface area contributed by atoms with E-state index in [0.29, 0.717) is 18.7 Å². The number of hydrazone groups is 1. The predicted octanol–water partition coefficient (Wildman–Crippen LogP) is 1.71. The van der Waals surface area contributed by atoms with Gasteiger partial charge >= 0.3 is 0 Å². The fraction of sp³-hybridized carbons (Fsp3) is 0.440. The molecule has 2 amide bonds. The molecule has 35 heavy (non-hydrogen) atoms. The first-order valence-electron chi connectivity index (χ1n) is 11.7. The van der Waals surface area contributed by atoms with E-state index in [2.05, 4.69) is 25.4 Å². The maximum absolute atomic E-state index is 13.3. The third kappa shape index (κ3) is 6.48. The maximum atomic E-state index is 13.3. The van der Waals surface area contributed by atoms with Crippen molar-refractivity contribution in [2.45, 2.75) is 51.7 Å². The highest BCUT2D eigenvalue weighted by molar-refractivity contribution is 6.29. The molecule has 1 saturated heterocycles. The number of hydrogen-bond donors (Lipinski definition) is 3. The minimum Gasteiger partial charge on any atom is -0.394 e. The molecule has 2 aromatic rings. The normalized spacial score (nSPS) is 18.1. The Bertz CT molecular complexity index is 1050. The second kappa shape index (κ2) is 12.2. The van der Waals surface area contributed by atoms with E-state index in [1.807, 2.05) is 44.2 Å². The van der Waals surface area contributed by atoms with Gasteiger partial charge in [-0.25, -0.2) is 9.97 Å². The topological polar surface area (TPSA) is 146 Å². The zero-order chi connectivity index (χ0) is 25.4. The van der Waals surface area contributed by atoms with Crippen LogP contribution in [-0.2, 0) is 9.59 Å². The summed E-state index contributed by atoms with van der Waals surface area (Å²) in [6, 6.07) is 7.43. The Morgan fingerprint density at radius 2 is 2.03 bits per heavy atom. The van der Waals surface area contributed by atoms with Crippen molar-refractivity contribution in [3.05, 3.63) is 48.4 Å². The highest BCUT2D eigenvalue weighted by Gasteiger charge is 2.38. The Balaban J connectivity index is 1.71. The van der Waals surface area contributed by atoms with Crippen molar-refractivity contribution in [1.29, 1.82) is 0 Å². The molecule has 0 unspecified atom stereocenters. The summed E-state index contributed by atoms with van der Waals surface area (Å²) in [5.41, 5.74) is 2.96. The molecule has 10 heteroatoms. The molecule has 1 fully saturated rings. The summed E-state index contributed by atoms with van der Waals surface area (Å²) in [5, 5.41) is 16.5. The number of amides is 2. The van der Waals surface area contributed by atoms with Crippen molar-refractivity contribution in [1.82, 2.24) is 20.2 Å². The molecule has 0 spiro atoms. The molecule has 0 radical (unpaired) electrons. The van der Waals surface area contributed by atoms with Crippen molar-refractivity contribution in [3.8, 4) is 11.3 Å². The molecule has 1 aliphatic rings. The number of nitrogens with one attached hydrogen (secondary N) is 1. The Hall–Kier alpha value is -3.66. The summed E-state index contributed by atoms with van der Waals surface area (Å²) in [5.74, 6) is 4.71. The number of nitrogens with two attached hydrogens (primary N) is 1. The first kappa shape index (κ1) is 26.0. The molecule has 0 bridgehead atoms. The Labute approximate surface area is 205 Å². The second-order valence-electron chi connectivity index (χ2n) is 8.89. The Morgan fingerprint density at radius 3 is 2.63 bits per heavy atom. The summed E-state index contributed by atoms with van der Waals surface area (Å²) in [7, 11) is 0. The quantitative estimate of drug-likeness (QED) is 0.283. The van der Waals surface area contributed by atoms with Gasteiger partial charge in [-0.2, -0.15) is 5.10 Å². The van der Waals surface area contributed by atoms with E-state index < -0.39 is 18.1 Å². The number of rotatable bonds is 9. The molecule has 0 saturated carbocycles. The van der Waals surface area contributed by atoms with Crippen molar-refractivity contribution < 1.29 is 14.7 Å². The molecule has 3 rings (SSSR count). The molecular formula is C25H33N7O3. The molecule has 2 heterocycles. The largest absolute Gasteiger partial charge is 0.394 e. The lowest BCUT2D eigenvalue weighted by atomic mass is 10.0. The van der Waals surface area contributed by atoms with Crippen LogP contribution >= 0.6 is 0 Å². The summed E-state index contributed by atoms with van der Waals surface area (Å²) in [6.45, 7) is 5.74. The van der Waals surface area contributed by atoms with E-state index in [9.17, 15) is 14.7 Å². The number of aliphatic hydroxyl groups excluding tert-OH is 1. The average molecular weight is 480 g/mol. The van der Waals surface area contributed by atoms with E-state index in [0.717, 1.165) is 23.2 Å². The van der Waals surface area contributed by atoms with Gasteiger partial charge in [-0.1, -0.05) is 38.1 Å². The van der Waals surface area contributed by atoms with Crippen LogP contribution in [-0.4, -0.2) is 69.0 Å². The number of aliphatic hydroxyl groups is 1. The summed E-state index contributed by atoms with van der Waals surface area (Å²) < 4.78 is 0. The highest BCUT2D eigenvalue weighted by atomic mass is 16.3. The van der Waals surface area contributed by atoms with Gasteiger partial charge in [0.15, 0.2) is 0 Å². The van der Waals surface area contributed by atoms with Crippen LogP contribution in [0.4, 0.5) is 0 Å². The van der Waals surface area contributed by atoms with Crippen LogP contribution in [0.25, 0.3) is 11.3 Å². The molecular weight excluding hydrogens is 446 g/mol. The molecule has 1 aliphatic heterocycles.